The lowest BCUT2D eigenvalue weighted by Gasteiger charge is -2.13. The summed E-state index contributed by atoms with van der Waals surface area (Å²) in [7, 11) is 0. The molecule has 1 amide bonds. The molecule has 9 heteroatoms. The van der Waals surface area contributed by atoms with E-state index < -0.39 is 24.3 Å². The second-order valence-corrected chi connectivity index (χ2v) is 7.25. The van der Waals surface area contributed by atoms with Gasteiger partial charge >= 0.3 is 6.18 Å². The van der Waals surface area contributed by atoms with E-state index in [-0.39, 0.29) is 10.8 Å². The van der Waals surface area contributed by atoms with Crippen LogP contribution in [-0.2, 0) is 11.0 Å². The Bertz CT molecular complexity index is 981. The second-order valence-electron chi connectivity index (χ2n) is 6.44. The van der Waals surface area contributed by atoms with Gasteiger partial charge in [-0.15, -0.1) is 0 Å². The van der Waals surface area contributed by atoms with Crippen LogP contribution in [0.25, 0.3) is 0 Å². The summed E-state index contributed by atoms with van der Waals surface area (Å²) in [6.45, 7) is 6.13. The normalized spacial score (nSPS) is 11.1. The van der Waals surface area contributed by atoms with Gasteiger partial charge in [0.15, 0.2) is 6.61 Å². The average molecular weight is 473 g/mol. The number of nitrogens with one attached hydrogen (secondary N) is 1. The number of amides is 1. The topological polar surface area (TPSA) is 41.6 Å². The van der Waals surface area contributed by atoms with Crippen LogP contribution in [0, 0.1) is 11.8 Å². The Morgan fingerprint density at radius 2 is 1.81 bits per heavy atom. The number of carbonyl (C=O) groups excluding carboxylic acids is 1. The third kappa shape index (κ3) is 7.66. The number of carbonyl (C=O) groups is 1. The van der Waals surface area contributed by atoms with E-state index in [4.69, 9.17) is 27.9 Å². The van der Waals surface area contributed by atoms with Crippen LogP contribution in [0.2, 0.25) is 10.0 Å². The molecule has 166 valence electrons. The fraction of sp³-hybridized carbons (Fsp3) is 0.318. The lowest BCUT2D eigenvalue weighted by molar-refractivity contribution is -0.137. The van der Waals surface area contributed by atoms with Gasteiger partial charge in [-0.1, -0.05) is 48.9 Å². The van der Waals surface area contributed by atoms with Crippen molar-refractivity contribution in [1.29, 1.82) is 0 Å². The van der Waals surface area contributed by atoms with Gasteiger partial charge in [-0.3, -0.25) is 9.69 Å². The van der Waals surface area contributed by atoms with E-state index in [1.165, 1.54) is 0 Å². The Hall–Kier alpha value is -2.40. The van der Waals surface area contributed by atoms with Crippen LogP contribution in [0.1, 0.15) is 25.0 Å². The highest BCUT2D eigenvalue weighted by Crippen LogP contribution is 2.34. The molecule has 0 heterocycles. The largest absolute Gasteiger partial charge is 0.482 e. The molecule has 0 aromatic heterocycles. The fourth-order valence-corrected chi connectivity index (χ4v) is 2.99. The molecule has 0 fully saturated rings. The smallest absolute Gasteiger partial charge is 0.416 e. The van der Waals surface area contributed by atoms with Crippen molar-refractivity contribution in [2.24, 2.45) is 0 Å². The Kier molecular flexibility index (Phi) is 9.05. The molecule has 0 spiro atoms. The monoisotopic (exact) mass is 472 g/mol. The molecule has 0 saturated heterocycles. The van der Waals surface area contributed by atoms with Gasteiger partial charge in [0.25, 0.3) is 5.91 Å². The molecule has 31 heavy (non-hydrogen) atoms. The number of ether oxygens (including phenoxy) is 1. The van der Waals surface area contributed by atoms with E-state index in [1.54, 1.807) is 18.2 Å². The summed E-state index contributed by atoms with van der Waals surface area (Å²) in [4.78, 5) is 14.3. The molecule has 0 aliphatic rings. The van der Waals surface area contributed by atoms with Crippen LogP contribution in [0.3, 0.4) is 0 Å². The quantitative estimate of drug-likeness (QED) is 0.523. The molecule has 0 unspecified atom stereocenters. The van der Waals surface area contributed by atoms with Crippen molar-refractivity contribution in [2.45, 2.75) is 20.0 Å². The van der Waals surface area contributed by atoms with Crippen LogP contribution in [0.15, 0.2) is 36.4 Å². The zero-order valence-electron chi connectivity index (χ0n) is 16.9. The van der Waals surface area contributed by atoms with Gasteiger partial charge in [0, 0.05) is 11.3 Å². The molecule has 2 aromatic rings. The zero-order valence-corrected chi connectivity index (χ0v) is 18.5. The number of nitrogens with zero attached hydrogens (tertiary/aromatic N) is 1. The second kappa shape index (κ2) is 11.3. The predicted octanol–water partition coefficient (Wildman–Crippen LogP) is 5.72. The van der Waals surface area contributed by atoms with Crippen molar-refractivity contribution in [3.63, 3.8) is 0 Å². The summed E-state index contributed by atoms with van der Waals surface area (Å²) in [5.41, 5.74) is 0.176. The van der Waals surface area contributed by atoms with Crippen molar-refractivity contribution in [1.82, 2.24) is 4.90 Å². The highest BCUT2D eigenvalue weighted by molar-refractivity contribution is 6.32. The first-order valence-corrected chi connectivity index (χ1v) is 10.2. The molecule has 2 aromatic carbocycles. The fourth-order valence-electron chi connectivity index (χ4n) is 2.52. The minimum atomic E-state index is -4.51. The lowest BCUT2D eigenvalue weighted by Crippen LogP contribution is -2.22. The van der Waals surface area contributed by atoms with Crippen molar-refractivity contribution in [3.8, 4) is 17.6 Å². The van der Waals surface area contributed by atoms with Gasteiger partial charge in [0.1, 0.15) is 5.75 Å². The molecule has 0 aliphatic carbocycles. The average Bonchev–Trinajstić information content (AvgIpc) is 2.71. The van der Waals surface area contributed by atoms with E-state index in [2.05, 4.69) is 35.9 Å². The van der Waals surface area contributed by atoms with Gasteiger partial charge in [-0.2, -0.15) is 13.2 Å². The summed E-state index contributed by atoms with van der Waals surface area (Å²) in [6, 6.07) is 7.55. The standard InChI is InChI=1S/C22H21Cl2F3N2O2/c1-3-29(4-2)11-5-6-15-7-9-17(13-18(15)23)28-21(30)14-31-20-10-8-16(12-19(20)24)22(25,26)27/h7-10,12-13H,3-4,11,14H2,1-2H3,(H,28,30). The van der Waals surface area contributed by atoms with E-state index in [0.717, 1.165) is 31.3 Å². The van der Waals surface area contributed by atoms with Crippen molar-refractivity contribution >= 4 is 34.8 Å². The third-order valence-electron chi connectivity index (χ3n) is 4.29. The van der Waals surface area contributed by atoms with E-state index in [0.29, 0.717) is 22.8 Å². The number of hydrogen-bond acceptors (Lipinski definition) is 3. The molecular formula is C22H21Cl2F3N2O2. The van der Waals surface area contributed by atoms with Crippen LogP contribution >= 0.6 is 23.2 Å². The number of alkyl halides is 3. The van der Waals surface area contributed by atoms with E-state index >= 15 is 0 Å². The van der Waals surface area contributed by atoms with E-state index in [9.17, 15) is 18.0 Å². The molecule has 0 atom stereocenters. The summed E-state index contributed by atoms with van der Waals surface area (Å²) in [5, 5.41) is 2.75. The Balaban J connectivity index is 1.94. The molecule has 1 N–H and O–H groups in total. The zero-order chi connectivity index (χ0) is 23.0. The van der Waals surface area contributed by atoms with E-state index in [1.807, 2.05) is 0 Å². The molecule has 0 aliphatic heterocycles. The van der Waals surface area contributed by atoms with Crippen LogP contribution < -0.4 is 10.1 Å². The molecule has 0 bridgehead atoms. The predicted molar refractivity (Wildman–Crippen MR) is 117 cm³/mol. The Labute approximate surface area is 189 Å². The third-order valence-corrected chi connectivity index (χ3v) is 4.90. The maximum absolute atomic E-state index is 12.7. The molecule has 0 radical (unpaired) electrons. The van der Waals surface area contributed by atoms with Crippen LogP contribution in [-0.4, -0.2) is 37.0 Å². The van der Waals surface area contributed by atoms with Gasteiger partial charge in [0.05, 0.1) is 22.2 Å². The van der Waals surface area contributed by atoms with Crippen molar-refractivity contribution < 1.29 is 22.7 Å². The molecule has 2 rings (SSSR count). The van der Waals surface area contributed by atoms with Crippen molar-refractivity contribution in [2.75, 3.05) is 31.6 Å². The first-order chi connectivity index (χ1) is 14.6. The number of rotatable bonds is 7. The highest BCUT2D eigenvalue weighted by atomic mass is 35.5. The Morgan fingerprint density at radius 3 is 2.39 bits per heavy atom. The first-order valence-electron chi connectivity index (χ1n) is 9.44. The minimum absolute atomic E-state index is 0.0262. The van der Waals surface area contributed by atoms with Gasteiger partial charge in [-0.05, 0) is 49.5 Å². The molecule has 0 saturated carbocycles. The lowest BCUT2D eigenvalue weighted by atomic mass is 10.2. The molecular weight excluding hydrogens is 452 g/mol. The van der Waals surface area contributed by atoms with Gasteiger partial charge in [0.2, 0.25) is 0 Å². The highest BCUT2D eigenvalue weighted by Gasteiger charge is 2.31. The summed E-state index contributed by atoms with van der Waals surface area (Å²) >= 11 is 12.0. The Morgan fingerprint density at radius 1 is 1.10 bits per heavy atom. The first kappa shape index (κ1) is 24.9. The summed E-state index contributed by atoms with van der Waals surface area (Å²) < 4.78 is 43.2. The minimum Gasteiger partial charge on any atom is -0.482 e. The van der Waals surface area contributed by atoms with Crippen LogP contribution in [0.5, 0.6) is 5.75 Å². The van der Waals surface area contributed by atoms with Crippen LogP contribution in [0.4, 0.5) is 18.9 Å². The summed E-state index contributed by atoms with van der Waals surface area (Å²) in [5.74, 6) is 5.52. The van der Waals surface area contributed by atoms with Gasteiger partial charge < -0.3 is 10.1 Å². The maximum Gasteiger partial charge on any atom is 0.416 e. The number of halogens is 5. The SMILES string of the molecule is CCN(CC)CC#Cc1ccc(NC(=O)COc2ccc(C(F)(F)F)cc2Cl)cc1Cl. The number of benzene rings is 2. The van der Waals surface area contributed by atoms with Crippen molar-refractivity contribution in [3.05, 3.63) is 57.6 Å². The van der Waals surface area contributed by atoms with Gasteiger partial charge in [-0.25, -0.2) is 0 Å². The molecule has 4 nitrogen and oxygen atoms in total. The number of hydrogen-bond donors (Lipinski definition) is 1. The summed E-state index contributed by atoms with van der Waals surface area (Å²) in [6.07, 6.45) is -4.51. The number of anilines is 1. The maximum atomic E-state index is 12.7.